The number of rotatable bonds is 6. The van der Waals surface area contributed by atoms with Gasteiger partial charge in [0.15, 0.2) is 0 Å². The van der Waals surface area contributed by atoms with Crippen LogP contribution in [0, 0.1) is 13.8 Å². The maximum Gasteiger partial charge on any atom is 0.253 e. The van der Waals surface area contributed by atoms with Gasteiger partial charge in [-0.05, 0) is 44.9 Å². The molecule has 0 bridgehead atoms. The Morgan fingerprint density at radius 2 is 2.00 bits per heavy atom. The molecular formula is C19H25N7OS2. The van der Waals surface area contributed by atoms with Crippen molar-refractivity contribution in [3.63, 3.8) is 0 Å². The summed E-state index contributed by atoms with van der Waals surface area (Å²) in [6.07, 6.45) is 9.07. The third kappa shape index (κ3) is 4.42. The third-order valence-electron chi connectivity index (χ3n) is 5.46. The van der Waals surface area contributed by atoms with Crippen molar-refractivity contribution in [2.24, 2.45) is 0 Å². The SMILES string of the molecule is CSc1nc2nc(C)c(CCC(=O)Nc3nnc(C4CCCCC4)s3)c(C)n2n1. The molecule has 3 aromatic rings. The number of carbonyl (C=O) groups excluding carboxylic acids is 1. The van der Waals surface area contributed by atoms with Crippen LogP contribution in [0.1, 0.15) is 66.4 Å². The molecule has 0 aliphatic heterocycles. The van der Waals surface area contributed by atoms with E-state index in [0.717, 1.165) is 22.0 Å². The van der Waals surface area contributed by atoms with Crippen LogP contribution in [0.3, 0.4) is 0 Å². The highest BCUT2D eigenvalue weighted by molar-refractivity contribution is 7.98. The van der Waals surface area contributed by atoms with E-state index in [2.05, 4.69) is 30.6 Å². The molecule has 1 aliphatic carbocycles. The largest absolute Gasteiger partial charge is 0.301 e. The van der Waals surface area contributed by atoms with Gasteiger partial charge in [-0.25, -0.2) is 9.50 Å². The van der Waals surface area contributed by atoms with Gasteiger partial charge in [0, 0.05) is 23.7 Å². The Kier molecular flexibility index (Phi) is 6.09. The van der Waals surface area contributed by atoms with Crippen molar-refractivity contribution in [2.75, 3.05) is 11.6 Å². The van der Waals surface area contributed by atoms with Gasteiger partial charge in [0.05, 0.1) is 0 Å². The summed E-state index contributed by atoms with van der Waals surface area (Å²) in [6, 6.07) is 0. The zero-order valence-electron chi connectivity index (χ0n) is 16.9. The van der Waals surface area contributed by atoms with Gasteiger partial charge in [-0.1, -0.05) is 42.4 Å². The highest BCUT2D eigenvalue weighted by Crippen LogP contribution is 2.35. The average Bonchev–Trinajstić information content (AvgIpc) is 3.35. The van der Waals surface area contributed by atoms with Crippen LogP contribution < -0.4 is 5.32 Å². The summed E-state index contributed by atoms with van der Waals surface area (Å²) in [7, 11) is 0. The first-order chi connectivity index (χ1) is 14.0. The van der Waals surface area contributed by atoms with E-state index in [4.69, 9.17) is 0 Å². The summed E-state index contributed by atoms with van der Waals surface area (Å²) >= 11 is 3.00. The Bertz CT molecular complexity index is 1020. The first kappa shape index (κ1) is 20.2. The summed E-state index contributed by atoms with van der Waals surface area (Å²) in [5, 5.41) is 18.2. The average molecular weight is 432 g/mol. The number of aromatic nitrogens is 6. The minimum Gasteiger partial charge on any atom is -0.301 e. The van der Waals surface area contributed by atoms with E-state index < -0.39 is 0 Å². The normalized spacial score (nSPS) is 15.1. The van der Waals surface area contributed by atoms with E-state index in [-0.39, 0.29) is 5.91 Å². The molecule has 3 heterocycles. The molecule has 8 nitrogen and oxygen atoms in total. The fourth-order valence-electron chi connectivity index (χ4n) is 3.86. The van der Waals surface area contributed by atoms with Crippen molar-refractivity contribution >= 4 is 39.9 Å². The predicted molar refractivity (Wildman–Crippen MR) is 115 cm³/mol. The number of anilines is 1. The topological polar surface area (TPSA) is 98.0 Å². The van der Waals surface area contributed by atoms with Crippen molar-refractivity contribution in [3.8, 4) is 0 Å². The van der Waals surface area contributed by atoms with Crippen LogP contribution in [0.4, 0.5) is 5.13 Å². The van der Waals surface area contributed by atoms with Gasteiger partial charge in [0.2, 0.25) is 16.2 Å². The van der Waals surface area contributed by atoms with Gasteiger partial charge in [-0.15, -0.1) is 15.3 Å². The molecule has 1 fully saturated rings. The first-order valence-corrected chi connectivity index (χ1v) is 12.0. The van der Waals surface area contributed by atoms with Crippen LogP contribution in [-0.2, 0) is 11.2 Å². The van der Waals surface area contributed by atoms with Gasteiger partial charge in [-0.2, -0.15) is 4.98 Å². The summed E-state index contributed by atoms with van der Waals surface area (Å²) in [5.41, 5.74) is 2.90. The number of hydrogen-bond acceptors (Lipinski definition) is 8. The fourth-order valence-corrected chi connectivity index (χ4v) is 5.12. The molecule has 1 amide bonds. The second-order valence-corrected chi connectivity index (χ2v) is 9.18. The second kappa shape index (κ2) is 8.74. The molecule has 1 saturated carbocycles. The van der Waals surface area contributed by atoms with E-state index in [0.29, 0.717) is 34.8 Å². The summed E-state index contributed by atoms with van der Waals surface area (Å²) < 4.78 is 1.76. The van der Waals surface area contributed by atoms with Crippen LogP contribution >= 0.6 is 23.1 Å². The number of aryl methyl sites for hydroxylation is 2. The molecule has 0 radical (unpaired) electrons. The molecular weight excluding hydrogens is 406 g/mol. The lowest BCUT2D eigenvalue weighted by Gasteiger charge is -2.18. The molecule has 0 saturated heterocycles. The maximum atomic E-state index is 12.5. The smallest absolute Gasteiger partial charge is 0.253 e. The quantitative estimate of drug-likeness (QED) is 0.590. The minimum atomic E-state index is -0.0568. The lowest BCUT2D eigenvalue weighted by Crippen LogP contribution is -2.14. The van der Waals surface area contributed by atoms with E-state index in [1.54, 1.807) is 4.52 Å². The molecule has 4 rings (SSSR count). The zero-order chi connectivity index (χ0) is 20.4. The lowest BCUT2D eigenvalue weighted by atomic mass is 9.90. The molecule has 29 heavy (non-hydrogen) atoms. The van der Waals surface area contributed by atoms with Gasteiger partial charge in [-0.3, -0.25) is 4.79 Å². The number of hydrogen-bond donors (Lipinski definition) is 1. The standard InChI is InChI=1S/C19H25N7OS2/c1-11-14(12(2)26-17(20-11)22-19(25-26)28-3)9-10-15(27)21-18-24-23-16(29-18)13-7-5-4-6-8-13/h13H,4-10H2,1-3H3,(H,21,24,27). The highest BCUT2D eigenvalue weighted by atomic mass is 32.2. The van der Waals surface area contributed by atoms with Crippen molar-refractivity contribution in [1.82, 2.24) is 29.8 Å². The molecule has 1 N–H and O–H groups in total. The Morgan fingerprint density at radius 1 is 1.21 bits per heavy atom. The highest BCUT2D eigenvalue weighted by Gasteiger charge is 2.20. The monoisotopic (exact) mass is 431 g/mol. The van der Waals surface area contributed by atoms with Gasteiger partial charge in [0.1, 0.15) is 5.01 Å². The van der Waals surface area contributed by atoms with Crippen LogP contribution in [0.2, 0.25) is 0 Å². The third-order valence-corrected chi connectivity index (χ3v) is 6.99. The predicted octanol–water partition coefficient (Wildman–Crippen LogP) is 3.93. The molecule has 154 valence electrons. The molecule has 0 aromatic carbocycles. The number of thioether (sulfide) groups is 1. The van der Waals surface area contributed by atoms with E-state index >= 15 is 0 Å². The van der Waals surface area contributed by atoms with E-state index in [9.17, 15) is 4.79 Å². The van der Waals surface area contributed by atoms with Gasteiger partial charge < -0.3 is 5.32 Å². The number of nitrogens with zero attached hydrogens (tertiary/aromatic N) is 6. The molecule has 0 unspecified atom stereocenters. The number of carbonyl (C=O) groups is 1. The Morgan fingerprint density at radius 3 is 2.76 bits per heavy atom. The van der Waals surface area contributed by atoms with E-state index in [1.165, 1.54) is 55.2 Å². The zero-order valence-corrected chi connectivity index (χ0v) is 18.6. The van der Waals surface area contributed by atoms with Crippen molar-refractivity contribution in [1.29, 1.82) is 0 Å². The summed E-state index contributed by atoms with van der Waals surface area (Å²) in [5.74, 6) is 1.05. The van der Waals surface area contributed by atoms with Crippen LogP contribution in [0.5, 0.6) is 0 Å². The van der Waals surface area contributed by atoms with Crippen LogP contribution in [0.25, 0.3) is 5.78 Å². The van der Waals surface area contributed by atoms with Crippen LogP contribution in [-0.4, -0.2) is 41.9 Å². The maximum absolute atomic E-state index is 12.5. The van der Waals surface area contributed by atoms with Crippen molar-refractivity contribution in [3.05, 3.63) is 22.0 Å². The van der Waals surface area contributed by atoms with Gasteiger partial charge in [0.25, 0.3) is 5.78 Å². The Balaban J connectivity index is 1.40. The molecule has 1 aliphatic rings. The Labute approximate surface area is 177 Å². The summed E-state index contributed by atoms with van der Waals surface area (Å²) in [4.78, 5) is 21.4. The molecule has 0 atom stereocenters. The van der Waals surface area contributed by atoms with Crippen molar-refractivity contribution in [2.45, 2.75) is 69.9 Å². The second-order valence-electron chi connectivity index (χ2n) is 7.40. The number of amides is 1. The van der Waals surface area contributed by atoms with Gasteiger partial charge >= 0.3 is 0 Å². The minimum absolute atomic E-state index is 0.0568. The molecule has 3 aromatic heterocycles. The Hall–Kier alpha value is -2.07. The summed E-state index contributed by atoms with van der Waals surface area (Å²) in [6.45, 7) is 3.95. The molecule has 0 spiro atoms. The first-order valence-electron chi connectivity index (χ1n) is 9.95. The van der Waals surface area contributed by atoms with E-state index in [1.807, 2.05) is 20.1 Å². The molecule has 10 heteroatoms. The number of fused-ring (bicyclic) bond motifs is 1. The lowest BCUT2D eigenvalue weighted by molar-refractivity contribution is -0.116. The number of nitrogens with one attached hydrogen (secondary N) is 1. The van der Waals surface area contributed by atoms with Crippen LogP contribution in [0.15, 0.2) is 5.16 Å². The fraction of sp³-hybridized carbons (Fsp3) is 0.579. The van der Waals surface area contributed by atoms with Crippen molar-refractivity contribution < 1.29 is 4.79 Å².